The molecule has 3 rings (SSSR count). The lowest BCUT2D eigenvalue weighted by molar-refractivity contribution is -0.132. The summed E-state index contributed by atoms with van der Waals surface area (Å²) in [5.41, 5.74) is 7.52. The van der Waals surface area contributed by atoms with Gasteiger partial charge in [0.2, 0.25) is 11.8 Å². The Labute approximate surface area is 214 Å². The maximum Gasteiger partial charge on any atom is 0.240 e. The molecule has 0 saturated heterocycles. The highest BCUT2D eigenvalue weighted by Crippen LogP contribution is 2.29. The van der Waals surface area contributed by atoms with Gasteiger partial charge in [0, 0.05) is 37.2 Å². The molecule has 1 saturated carbocycles. The number of carbonyl (C=O) groups is 2. The molecule has 9 heteroatoms. The summed E-state index contributed by atoms with van der Waals surface area (Å²) in [6, 6.07) is 6.09. The molecule has 1 aromatic carbocycles. The van der Waals surface area contributed by atoms with Gasteiger partial charge < -0.3 is 25.6 Å². The maximum absolute atomic E-state index is 12.5. The second-order valence-corrected chi connectivity index (χ2v) is 10.2. The van der Waals surface area contributed by atoms with E-state index < -0.39 is 0 Å². The van der Waals surface area contributed by atoms with Crippen molar-refractivity contribution in [1.82, 2.24) is 15.1 Å². The van der Waals surface area contributed by atoms with Gasteiger partial charge in [-0.15, -0.1) is 17.0 Å². The number of nitrogens with one attached hydrogen (secondary N) is 1. The summed E-state index contributed by atoms with van der Waals surface area (Å²) < 4.78 is 5.91. The third-order valence-corrected chi connectivity index (χ3v) is 6.14. The molecule has 34 heavy (non-hydrogen) atoms. The first-order valence-corrected chi connectivity index (χ1v) is 12.0. The van der Waals surface area contributed by atoms with Crippen LogP contribution < -0.4 is 15.8 Å². The fourth-order valence-corrected chi connectivity index (χ4v) is 4.40. The zero-order chi connectivity index (χ0) is 24.0. The van der Waals surface area contributed by atoms with E-state index in [1.165, 1.54) is 19.3 Å². The Morgan fingerprint density at radius 2 is 1.94 bits per heavy atom. The lowest BCUT2D eigenvalue weighted by atomic mass is 9.94. The van der Waals surface area contributed by atoms with E-state index in [4.69, 9.17) is 10.5 Å². The number of ether oxygens (including phenoxy) is 1. The molecule has 0 aromatic heterocycles. The summed E-state index contributed by atoms with van der Waals surface area (Å²) in [4.78, 5) is 32.9. The molecule has 0 radical (unpaired) electrons. The SMILES string of the molecule is Br.CN(C(=O)CCCOc1ccc2c(c1)CN(CC(=O)NC(C)(C)C)C(N)=N2)C1CCCCC1. The van der Waals surface area contributed by atoms with E-state index in [1.54, 1.807) is 4.90 Å². The van der Waals surface area contributed by atoms with Crippen molar-refractivity contribution in [2.45, 2.75) is 83.8 Å². The number of hydrogen-bond donors (Lipinski definition) is 2. The Hall–Kier alpha value is -2.29. The van der Waals surface area contributed by atoms with E-state index >= 15 is 0 Å². The van der Waals surface area contributed by atoms with Gasteiger partial charge in [-0.1, -0.05) is 19.3 Å². The molecule has 1 aromatic rings. The smallest absolute Gasteiger partial charge is 0.240 e. The minimum Gasteiger partial charge on any atom is -0.494 e. The van der Waals surface area contributed by atoms with Crippen LogP contribution in [0.25, 0.3) is 0 Å². The molecule has 1 heterocycles. The number of hydrogen-bond acceptors (Lipinski definition) is 6. The normalized spacial score (nSPS) is 16.1. The van der Waals surface area contributed by atoms with E-state index in [-0.39, 0.29) is 40.9 Å². The van der Waals surface area contributed by atoms with Crippen LogP contribution in [0.3, 0.4) is 0 Å². The predicted octanol–water partition coefficient (Wildman–Crippen LogP) is 3.89. The molecule has 2 amide bonds. The Morgan fingerprint density at radius 1 is 1.24 bits per heavy atom. The van der Waals surface area contributed by atoms with Crippen molar-refractivity contribution in [3.8, 4) is 5.75 Å². The summed E-state index contributed by atoms with van der Waals surface area (Å²) in [6.45, 7) is 6.95. The standard InChI is InChI=1S/C25H39N5O3.BrH/c1-25(2,3)28-22(31)17-30-16-18-15-20(12-13-21(18)27-24(30)26)33-14-8-11-23(32)29(4)19-9-6-5-7-10-19;/h12-13,15,19H,5-11,14,16-17H2,1-4H3,(H2,26,27)(H,28,31);1H. The van der Waals surface area contributed by atoms with E-state index in [9.17, 15) is 9.59 Å². The zero-order valence-corrected chi connectivity index (χ0v) is 22.6. The van der Waals surface area contributed by atoms with Crippen LogP contribution in [-0.4, -0.2) is 59.4 Å². The fourth-order valence-electron chi connectivity index (χ4n) is 4.40. The summed E-state index contributed by atoms with van der Waals surface area (Å²) in [5.74, 6) is 1.17. The number of benzene rings is 1. The number of halogens is 1. The van der Waals surface area contributed by atoms with E-state index in [2.05, 4.69) is 10.3 Å². The third kappa shape index (κ3) is 8.18. The highest BCUT2D eigenvalue weighted by molar-refractivity contribution is 8.93. The van der Waals surface area contributed by atoms with Crippen molar-refractivity contribution < 1.29 is 14.3 Å². The Morgan fingerprint density at radius 3 is 2.62 bits per heavy atom. The third-order valence-electron chi connectivity index (χ3n) is 6.14. The summed E-state index contributed by atoms with van der Waals surface area (Å²) >= 11 is 0. The number of fused-ring (bicyclic) bond motifs is 1. The lowest BCUT2D eigenvalue weighted by Gasteiger charge is -2.31. The number of carbonyl (C=O) groups excluding carboxylic acids is 2. The first-order chi connectivity index (χ1) is 15.6. The van der Waals surface area contributed by atoms with Gasteiger partial charge in [-0.2, -0.15) is 0 Å². The van der Waals surface area contributed by atoms with Gasteiger partial charge in [0.15, 0.2) is 5.96 Å². The van der Waals surface area contributed by atoms with Crippen LogP contribution >= 0.6 is 17.0 Å². The number of aliphatic imine (C=N–C) groups is 1. The highest BCUT2D eigenvalue weighted by atomic mass is 79.9. The molecular weight excluding hydrogens is 498 g/mol. The predicted molar refractivity (Wildman–Crippen MR) is 141 cm³/mol. The number of nitrogens with zero attached hydrogens (tertiary/aromatic N) is 3. The first kappa shape index (κ1) is 28.0. The van der Waals surface area contributed by atoms with Crippen LogP contribution in [0.2, 0.25) is 0 Å². The quantitative estimate of drug-likeness (QED) is 0.490. The average molecular weight is 539 g/mol. The van der Waals surface area contributed by atoms with E-state index in [0.29, 0.717) is 38.0 Å². The molecule has 0 atom stereocenters. The molecule has 3 N–H and O–H groups in total. The molecule has 8 nitrogen and oxygen atoms in total. The highest BCUT2D eigenvalue weighted by Gasteiger charge is 2.23. The van der Waals surface area contributed by atoms with Gasteiger partial charge >= 0.3 is 0 Å². The van der Waals surface area contributed by atoms with Crippen molar-refractivity contribution in [1.29, 1.82) is 0 Å². The van der Waals surface area contributed by atoms with Crippen molar-refractivity contribution in [3.63, 3.8) is 0 Å². The second kappa shape index (κ2) is 12.4. The number of amides is 2. The topological polar surface area (TPSA) is 100 Å². The van der Waals surface area contributed by atoms with Crippen LogP contribution in [0.1, 0.15) is 71.3 Å². The van der Waals surface area contributed by atoms with Crippen molar-refractivity contribution in [2.24, 2.45) is 10.7 Å². The molecule has 190 valence electrons. The molecule has 0 bridgehead atoms. The Bertz CT molecular complexity index is 878. The molecule has 0 spiro atoms. The van der Waals surface area contributed by atoms with Crippen molar-refractivity contribution in [3.05, 3.63) is 23.8 Å². The van der Waals surface area contributed by atoms with Gasteiger partial charge in [-0.25, -0.2) is 4.99 Å². The molecular formula is C25H40BrN5O3. The zero-order valence-electron chi connectivity index (χ0n) is 20.9. The monoisotopic (exact) mass is 537 g/mol. The number of guanidine groups is 1. The molecule has 1 aliphatic heterocycles. The number of rotatable bonds is 8. The summed E-state index contributed by atoms with van der Waals surface area (Å²) in [6.07, 6.45) is 7.14. The minimum atomic E-state index is -0.301. The van der Waals surface area contributed by atoms with E-state index in [1.807, 2.05) is 50.9 Å². The average Bonchev–Trinajstić information content (AvgIpc) is 2.76. The summed E-state index contributed by atoms with van der Waals surface area (Å²) in [5, 5.41) is 2.95. The number of nitrogens with two attached hydrogens (primary N) is 1. The van der Waals surface area contributed by atoms with Gasteiger partial charge in [0.25, 0.3) is 0 Å². The van der Waals surface area contributed by atoms with Gasteiger partial charge in [-0.05, 0) is 58.2 Å². The molecule has 1 aliphatic carbocycles. The Balaban J connectivity index is 0.00000408. The van der Waals surface area contributed by atoms with Gasteiger partial charge in [0.1, 0.15) is 12.3 Å². The van der Waals surface area contributed by atoms with Crippen molar-refractivity contribution in [2.75, 3.05) is 20.2 Å². The second-order valence-electron chi connectivity index (χ2n) is 10.2. The van der Waals surface area contributed by atoms with Crippen LogP contribution in [0.15, 0.2) is 23.2 Å². The van der Waals surface area contributed by atoms with Crippen LogP contribution in [-0.2, 0) is 16.1 Å². The van der Waals surface area contributed by atoms with E-state index in [0.717, 1.165) is 29.8 Å². The van der Waals surface area contributed by atoms with Gasteiger partial charge in [-0.3, -0.25) is 9.59 Å². The molecule has 1 fully saturated rings. The lowest BCUT2D eigenvalue weighted by Crippen LogP contribution is -2.49. The Kier molecular flexibility index (Phi) is 10.2. The van der Waals surface area contributed by atoms with Crippen molar-refractivity contribution >= 4 is 40.4 Å². The first-order valence-electron chi connectivity index (χ1n) is 12.0. The maximum atomic E-state index is 12.5. The van der Waals surface area contributed by atoms with Gasteiger partial charge in [0.05, 0.1) is 12.3 Å². The fraction of sp³-hybridized carbons (Fsp3) is 0.640. The minimum absolute atomic E-state index is 0. The van der Waals surface area contributed by atoms with Crippen LogP contribution in [0.5, 0.6) is 5.75 Å². The van der Waals surface area contributed by atoms with Crippen LogP contribution in [0, 0.1) is 0 Å². The van der Waals surface area contributed by atoms with Crippen LogP contribution in [0.4, 0.5) is 5.69 Å². The largest absolute Gasteiger partial charge is 0.494 e. The molecule has 2 aliphatic rings. The molecule has 0 unspecified atom stereocenters. The summed E-state index contributed by atoms with van der Waals surface area (Å²) in [7, 11) is 1.93.